The Labute approximate surface area is 152 Å². The number of alkyl halides is 3. The van der Waals surface area contributed by atoms with Crippen LogP contribution in [0.1, 0.15) is 18.2 Å². The predicted molar refractivity (Wildman–Crippen MR) is 91.5 cm³/mol. The summed E-state index contributed by atoms with van der Waals surface area (Å²) in [5, 5.41) is 8.58. The van der Waals surface area contributed by atoms with E-state index in [2.05, 4.69) is 4.98 Å². The summed E-state index contributed by atoms with van der Waals surface area (Å²) in [6.07, 6.45) is -0.0259. The van der Waals surface area contributed by atoms with Crippen molar-refractivity contribution in [3.05, 3.63) is 32.6 Å². The Morgan fingerprint density at radius 3 is 2.74 bits per heavy atom. The van der Waals surface area contributed by atoms with Crippen LogP contribution in [-0.2, 0) is 14.6 Å². The number of aryl methyl sites for hydroxylation is 1. The van der Waals surface area contributed by atoms with E-state index in [1.54, 1.807) is 0 Å². The number of nitrogens with zero attached hydrogens (tertiary/aromatic N) is 1. The smallest absolute Gasteiger partial charge is 0.330 e. The second kappa shape index (κ2) is 7.47. The highest BCUT2D eigenvalue weighted by Crippen LogP contribution is 2.45. The maximum atomic E-state index is 12.4. The van der Waals surface area contributed by atoms with Crippen molar-refractivity contribution >= 4 is 55.4 Å². The molecule has 0 bridgehead atoms. The van der Waals surface area contributed by atoms with E-state index in [-0.39, 0.29) is 13.0 Å². The van der Waals surface area contributed by atoms with E-state index in [1.807, 2.05) is 0 Å². The molecule has 1 saturated heterocycles. The molecule has 130 valence electrons. The molecule has 1 aliphatic heterocycles. The zero-order chi connectivity index (χ0) is 17.4. The number of hydrogen-bond acceptors (Lipinski definition) is 6. The van der Waals surface area contributed by atoms with Crippen molar-refractivity contribution in [2.24, 2.45) is 0 Å². The molecular weight excluding hydrogens is 411 g/mol. The number of aliphatic hydroxyl groups excluding tert-OH is 1. The number of hydrogen-bond donors (Lipinski definition) is 2. The van der Waals surface area contributed by atoms with E-state index < -0.39 is 41.8 Å². The largest absolute Gasteiger partial charge is 0.394 e. The molecule has 2 heterocycles. The molecule has 7 nitrogen and oxygen atoms in total. The van der Waals surface area contributed by atoms with Crippen molar-refractivity contribution in [3.63, 3.8) is 0 Å². The minimum atomic E-state index is -1.79. The zero-order valence-corrected chi connectivity index (χ0v) is 15.6. The third kappa shape index (κ3) is 4.75. The molecule has 0 saturated carbocycles. The quantitative estimate of drug-likeness (QED) is 0.558. The summed E-state index contributed by atoms with van der Waals surface area (Å²) in [6.45, 7) is 1.22. The SMILES string of the molecule is Cc1cn([C@@H]2O[C@H](CO)CC2S(=O)SC(Cl)(Cl)Cl)c(=O)[nH]c1=O. The monoisotopic (exact) mass is 422 g/mol. The maximum Gasteiger partial charge on any atom is 0.330 e. The van der Waals surface area contributed by atoms with Crippen LogP contribution in [0.4, 0.5) is 0 Å². The Hall–Kier alpha value is -0.0300. The van der Waals surface area contributed by atoms with Crippen LogP contribution in [0.15, 0.2) is 15.8 Å². The van der Waals surface area contributed by atoms with E-state index >= 15 is 0 Å². The van der Waals surface area contributed by atoms with E-state index in [4.69, 9.17) is 39.5 Å². The number of H-pyrrole nitrogens is 1. The molecule has 1 fully saturated rings. The Morgan fingerprint density at radius 1 is 1.52 bits per heavy atom. The molecule has 2 unspecified atom stereocenters. The van der Waals surface area contributed by atoms with Crippen LogP contribution in [0.5, 0.6) is 0 Å². The highest BCUT2D eigenvalue weighted by atomic mass is 35.6. The predicted octanol–water partition coefficient (Wildman–Crippen LogP) is 1.22. The van der Waals surface area contributed by atoms with Gasteiger partial charge >= 0.3 is 5.69 Å². The minimum absolute atomic E-state index is 0.214. The topological polar surface area (TPSA) is 101 Å². The Balaban J connectivity index is 2.38. The van der Waals surface area contributed by atoms with Gasteiger partial charge in [-0.05, 0) is 24.1 Å². The summed E-state index contributed by atoms with van der Waals surface area (Å²) < 4.78 is 17.4. The fourth-order valence-corrected chi connectivity index (χ4v) is 6.38. The number of rotatable bonds is 4. The van der Waals surface area contributed by atoms with Gasteiger partial charge in [-0.2, -0.15) is 0 Å². The number of halogens is 3. The first kappa shape index (κ1) is 19.3. The zero-order valence-electron chi connectivity index (χ0n) is 11.7. The Bertz CT molecular complexity index is 717. The molecule has 4 atom stereocenters. The first-order chi connectivity index (χ1) is 10.6. The number of aromatic amines is 1. The van der Waals surface area contributed by atoms with Crippen molar-refractivity contribution in [2.45, 2.75) is 34.1 Å². The summed E-state index contributed by atoms with van der Waals surface area (Å²) in [7, 11) is -1.11. The highest BCUT2D eigenvalue weighted by molar-refractivity contribution is 8.71. The van der Waals surface area contributed by atoms with Gasteiger partial charge in [0.25, 0.3) is 5.56 Å². The van der Waals surface area contributed by atoms with Gasteiger partial charge in [-0.3, -0.25) is 14.3 Å². The van der Waals surface area contributed by atoms with Gasteiger partial charge in [-0.15, -0.1) is 0 Å². The average molecular weight is 424 g/mol. The summed E-state index contributed by atoms with van der Waals surface area (Å²) >= 11 is 16.9. The van der Waals surface area contributed by atoms with Crippen LogP contribution in [-0.4, -0.2) is 40.0 Å². The van der Waals surface area contributed by atoms with E-state index in [1.165, 1.54) is 13.1 Å². The first-order valence-electron chi connectivity index (χ1n) is 6.37. The molecule has 0 aliphatic carbocycles. The molecular formula is C11H13Cl3N2O5S2. The van der Waals surface area contributed by atoms with Gasteiger partial charge in [-0.1, -0.05) is 34.8 Å². The Morgan fingerprint density at radius 2 is 2.17 bits per heavy atom. The molecule has 12 heteroatoms. The van der Waals surface area contributed by atoms with Gasteiger partial charge in [0, 0.05) is 11.8 Å². The van der Waals surface area contributed by atoms with Crippen LogP contribution < -0.4 is 11.2 Å². The van der Waals surface area contributed by atoms with E-state index in [9.17, 15) is 18.9 Å². The van der Waals surface area contributed by atoms with Gasteiger partial charge in [0.2, 0.25) is 3.12 Å². The standard InChI is InChI=1S/C11H13Cl3N2O5S2/c1-5-3-16(10(19)15-8(5)18)9-7(2-6(4-17)21-9)23(20)22-11(12,13)14/h3,6-7,9,17H,2,4H2,1H3,(H,15,18,19)/t6-,7?,9+,23?/m0/s1. The molecule has 1 aromatic rings. The van der Waals surface area contributed by atoms with Crippen LogP contribution in [0.2, 0.25) is 0 Å². The lowest BCUT2D eigenvalue weighted by Gasteiger charge is -2.21. The summed E-state index contributed by atoms with van der Waals surface area (Å²) in [5.74, 6) is 0. The summed E-state index contributed by atoms with van der Waals surface area (Å²) in [4.78, 5) is 25.6. The van der Waals surface area contributed by atoms with Crippen LogP contribution in [0, 0.1) is 6.92 Å². The van der Waals surface area contributed by atoms with Gasteiger partial charge in [-0.25, -0.2) is 9.00 Å². The van der Waals surface area contributed by atoms with Crippen molar-refractivity contribution in [1.82, 2.24) is 9.55 Å². The van der Waals surface area contributed by atoms with Crippen LogP contribution >= 0.6 is 45.6 Å². The third-order valence-electron chi connectivity index (χ3n) is 3.19. The molecule has 0 amide bonds. The lowest BCUT2D eigenvalue weighted by molar-refractivity contribution is -0.0237. The van der Waals surface area contributed by atoms with Crippen molar-refractivity contribution in [2.75, 3.05) is 6.61 Å². The maximum absolute atomic E-state index is 12.4. The highest BCUT2D eigenvalue weighted by Gasteiger charge is 2.43. The molecule has 23 heavy (non-hydrogen) atoms. The number of aromatic nitrogens is 2. The normalized spacial score (nSPS) is 26.4. The second-order valence-corrected chi connectivity index (χ2v) is 11.2. The summed E-state index contributed by atoms with van der Waals surface area (Å²) in [5.41, 5.74) is -0.930. The molecule has 0 radical (unpaired) electrons. The van der Waals surface area contributed by atoms with Crippen LogP contribution in [0.25, 0.3) is 0 Å². The fraction of sp³-hybridized carbons (Fsp3) is 0.636. The number of ether oxygens (including phenoxy) is 1. The Kier molecular flexibility index (Phi) is 6.26. The van der Waals surface area contributed by atoms with Crippen LogP contribution in [0.3, 0.4) is 0 Å². The number of nitrogens with one attached hydrogen (secondary N) is 1. The van der Waals surface area contributed by atoms with Crippen molar-refractivity contribution in [1.29, 1.82) is 0 Å². The molecule has 1 aliphatic rings. The molecule has 0 spiro atoms. The lowest BCUT2D eigenvalue weighted by Crippen LogP contribution is -2.37. The molecule has 1 aromatic heterocycles. The molecule has 2 rings (SSSR count). The number of aliphatic hydroxyl groups is 1. The third-order valence-corrected chi connectivity index (χ3v) is 7.97. The van der Waals surface area contributed by atoms with Gasteiger partial charge in [0.1, 0.15) is 0 Å². The van der Waals surface area contributed by atoms with Crippen molar-refractivity contribution < 1.29 is 14.1 Å². The van der Waals surface area contributed by atoms with E-state index in [0.717, 1.165) is 4.57 Å². The van der Waals surface area contributed by atoms with Gasteiger partial charge in [0.15, 0.2) is 6.23 Å². The van der Waals surface area contributed by atoms with Crippen molar-refractivity contribution in [3.8, 4) is 0 Å². The average Bonchev–Trinajstić information content (AvgIpc) is 2.85. The summed E-state index contributed by atoms with van der Waals surface area (Å²) in [6, 6.07) is 0. The second-order valence-electron chi connectivity index (χ2n) is 4.87. The fourth-order valence-electron chi connectivity index (χ4n) is 2.18. The lowest BCUT2D eigenvalue weighted by atomic mass is 10.2. The van der Waals surface area contributed by atoms with Gasteiger partial charge < -0.3 is 9.84 Å². The molecule has 2 N–H and O–H groups in total. The minimum Gasteiger partial charge on any atom is -0.394 e. The first-order valence-corrected chi connectivity index (χ1v) is 10.1. The van der Waals surface area contributed by atoms with Gasteiger partial charge in [0.05, 0.1) is 27.8 Å². The van der Waals surface area contributed by atoms with E-state index in [0.29, 0.717) is 16.4 Å². The molecule has 0 aromatic carbocycles.